The first-order valence-corrected chi connectivity index (χ1v) is 45.6. The molecule has 0 saturated carbocycles. The lowest BCUT2D eigenvalue weighted by atomic mass is 9.95. The van der Waals surface area contributed by atoms with E-state index in [1.807, 2.05) is 0 Å². The van der Waals surface area contributed by atoms with Gasteiger partial charge in [-0.25, -0.2) is 0 Å². The standard InChI is InChI=1S/C80H154N2O21P2/c1-5-9-13-17-21-25-29-31-33-35-39-41-45-49-53-57-65(84)61-69(86)81-73-77(100-71(88)59-55-51-47-43-37-27-23-19-15-11-7-3)75(90)68(99-80(73)103-105(94,95)96)64-97-79-74(82-70(87)62-66(85)58-54-50-46-42-40-36-34-32-30-26-22-18-14-10-6-2)78(76(67(63-83)98-79)102-104(91,92)93)101-72(89)60-56-52-48-44-38-28-24-20-16-12-8-4/h65-68,73-80,83-85,90H,5-64H2,1-4H3,(H,81,86)(H,82,87)(H2,91,92,93)(H2,94,95,96)/p-2/t65-,66-,67-,68-,73-,74-,75-,76-,77-,78-,79-,80-/m1/s1. The lowest BCUT2D eigenvalue weighted by Gasteiger charge is -2.47. The van der Waals surface area contributed by atoms with Crippen LogP contribution in [-0.2, 0) is 61.0 Å². The first-order valence-electron chi connectivity index (χ1n) is 42.7. The summed E-state index contributed by atoms with van der Waals surface area (Å²) in [7, 11) is -11.6. The van der Waals surface area contributed by atoms with Crippen LogP contribution in [0.2, 0.25) is 0 Å². The summed E-state index contributed by atoms with van der Waals surface area (Å²) in [6, 6.07) is -3.60. The van der Waals surface area contributed by atoms with Gasteiger partial charge in [-0.15, -0.1) is 0 Å². The fourth-order valence-electron chi connectivity index (χ4n) is 14.4. The molecule has 0 aliphatic carbocycles. The Hall–Kier alpha value is -2.18. The summed E-state index contributed by atoms with van der Waals surface area (Å²) in [5.74, 6) is -3.40. The van der Waals surface area contributed by atoms with Crippen LogP contribution in [0.1, 0.15) is 400 Å². The number of phosphoric acid groups is 2. The van der Waals surface area contributed by atoms with Gasteiger partial charge >= 0.3 is 11.9 Å². The summed E-state index contributed by atoms with van der Waals surface area (Å²) in [5, 5.41) is 50.6. The maximum Gasteiger partial charge on any atom is 0.306 e. The van der Waals surface area contributed by atoms with Gasteiger partial charge in [0.1, 0.15) is 36.5 Å². The van der Waals surface area contributed by atoms with E-state index in [2.05, 4.69) is 38.3 Å². The Balaban J connectivity index is 2.40. The van der Waals surface area contributed by atoms with Crippen LogP contribution < -0.4 is 20.4 Å². The number of aliphatic hydroxyl groups excluding tert-OH is 4. The number of esters is 2. The number of rotatable bonds is 72. The zero-order valence-electron chi connectivity index (χ0n) is 66.1. The van der Waals surface area contributed by atoms with Crippen LogP contribution in [-0.4, -0.2) is 141 Å². The molecule has 105 heavy (non-hydrogen) atoms. The van der Waals surface area contributed by atoms with Crippen LogP contribution in [0.25, 0.3) is 0 Å². The smallest absolute Gasteiger partial charge is 0.306 e. The Bertz CT molecular complexity index is 2210. The molecule has 2 heterocycles. The third kappa shape index (κ3) is 52.6. The number of hydrogen-bond acceptors (Lipinski definition) is 19. The second-order valence-electron chi connectivity index (χ2n) is 30.6. The van der Waals surface area contributed by atoms with Crippen LogP contribution in [0.3, 0.4) is 0 Å². The largest absolute Gasteiger partial charge is 0.756 e. The third-order valence-corrected chi connectivity index (χ3v) is 21.7. The molecule has 2 unspecified atom stereocenters. The first-order chi connectivity index (χ1) is 50.7. The maximum atomic E-state index is 14.2. The number of carbonyl (C=O) groups excluding carboxylic acids is 4. The molecule has 0 aromatic carbocycles. The van der Waals surface area contributed by atoms with E-state index in [0.29, 0.717) is 38.5 Å². The predicted molar refractivity (Wildman–Crippen MR) is 408 cm³/mol. The molecule has 14 atom stereocenters. The monoisotopic (exact) mass is 1540 g/mol. The summed E-state index contributed by atoms with van der Waals surface area (Å²) < 4.78 is 65.6. The Morgan fingerprint density at radius 1 is 0.390 bits per heavy atom. The summed E-state index contributed by atoms with van der Waals surface area (Å²) in [6.45, 7) is 6.86. The van der Waals surface area contributed by atoms with Crippen molar-refractivity contribution in [3.63, 3.8) is 0 Å². The molecule has 0 spiro atoms. The number of phosphoric ester groups is 2. The van der Waals surface area contributed by atoms with Crippen molar-refractivity contribution in [1.82, 2.24) is 10.6 Å². The molecule has 8 N–H and O–H groups in total. The minimum Gasteiger partial charge on any atom is -0.756 e. The molecule has 25 heteroatoms. The summed E-state index contributed by atoms with van der Waals surface area (Å²) >= 11 is 0. The Morgan fingerprint density at radius 2 is 0.667 bits per heavy atom. The Morgan fingerprint density at radius 3 is 0.971 bits per heavy atom. The van der Waals surface area contributed by atoms with Gasteiger partial charge in [0, 0.05) is 12.8 Å². The van der Waals surface area contributed by atoms with Crippen LogP contribution in [0.5, 0.6) is 0 Å². The second kappa shape index (κ2) is 64.4. The fraction of sp³-hybridized carbons (Fsp3) is 0.950. The Labute approximate surface area is 635 Å². The van der Waals surface area contributed by atoms with Gasteiger partial charge in [0.05, 0.1) is 38.3 Å². The number of ether oxygens (including phenoxy) is 5. The molecule has 23 nitrogen and oxygen atoms in total. The minimum atomic E-state index is -5.81. The van der Waals surface area contributed by atoms with Crippen LogP contribution in [0.15, 0.2) is 0 Å². The molecule has 0 aromatic rings. The van der Waals surface area contributed by atoms with Crippen molar-refractivity contribution in [3.05, 3.63) is 0 Å². The highest BCUT2D eigenvalue weighted by atomic mass is 31.2. The van der Waals surface area contributed by atoms with Gasteiger partial charge in [-0.1, -0.05) is 349 Å². The molecule has 2 aliphatic heterocycles. The van der Waals surface area contributed by atoms with Crippen molar-refractivity contribution in [1.29, 1.82) is 0 Å². The van der Waals surface area contributed by atoms with Gasteiger partial charge in [-0.3, -0.25) is 32.8 Å². The molecule has 0 bridgehead atoms. The summed E-state index contributed by atoms with van der Waals surface area (Å²) in [4.78, 5) is 102. The molecule has 2 rings (SSSR count). The van der Waals surface area contributed by atoms with E-state index in [0.717, 1.165) is 116 Å². The number of hydrogen-bond donors (Lipinski definition) is 8. The van der Waals surface area contributed by atoms with E-state index >= 15 is 0 Å². The number of amides is 2. The molecule has 2 aliphatic rings. The van der Waals surface area contributed by atoms with Gasteiger partial charge in [0.15, 0.2) is 24.8 Å². The fourth-order valence-corrected chi connectivity index (χ4v) is 15.4. The van der Waals surface area contributed by atoms with E-state index in [9.17, 15) is 68.3 Å². The normalized spacial score (nSPS) is 22.2. The zero-order chi connectivity index (χ0) is 77.0. The van der Waals surface area contributed by atoms with Crippen LogP contribution in [0.4, 0.5) is 0 Å². The van der Waals surface area contributed by atoms with Gasteiger partial charge in [0.2, 0.25) is 11.8 Å². The van der Waals surface area contributed by atoms with Gasteiger partial charge in [-0.05, 0) is 25.7 Å². The third-order valence-electron chi connectivity index (χ3n) is 20.7. The zero-order valence-corrected chi connectivity index (χ0v) is 67.8. The van der Waals surface area contributed by atoms with Crippen molar-refractivity contribution < 1.29 is 101 Å². The van der Waals surface area contributed by atoms with Gasteiger partial charge in [0.25, 0.3) is 15.6 Å². The molecule has 2 amide bonds. The molecule has 0 aromatic heterocycles. The lowest BCUT2D eigenvalue weighted by molar-refractivity contribution is -0.308. The molecule has 2 fully saturated rings. The number of carbonyl (C=O) groups is 4. The second-order valence-corrected chi connectivity index (χ2v) is 32.9. The van der Waals surface area contributed by atoms with Crippen molar-refractivity contribution in [2.75, 3.05) is 13.2 Å². The highest BCUT2D eigenvalue weighted by Crippen LogP contribution is 2.41. The SMILES string of the molecule is CCCCCCCCCCCCCCCCC[C@@H](O)CC(=O)N[C@H]1[C@H](OC[C@H]2O[C@H](OP(=O)([O-])O)[C@H](NC(=O)C[C@H](O)CCCCCCCCCCCCCCCCC)[C@@H](OC(=O)CCCCCCCCCCCCC)[C@@H]2O)O[C@H](CO)[C@@H](OP(=O)([O-])O)[C@@H]1OC(=O)CCCCCCCCCCCCC. The van der Waals surface area contributed by atoms with Gasteiger partial charge < -0.3 is 78.8 Å². The van der Waals surface area contributed by atoms with Gasteiger partial charge in [-0.2, -0.15) is 0 Å². The molecule has 0 radical (unpaired) electrons. The average Bonchev–Trinajstić information content (AvgIpc) is 0.787. The van der Waals surface area contributed by atoms with Crippen molar-refractivity contribution in [3.8, 4) is 0 Å². The van der Waals surface area contributed by atoms with Crippen molar-refractivity contribution >= 4 is 39.4 Å². The minimum absolute atomic E-state index is 0.146. The number of aliphatic hydroxyl groups is 4. The average molecular weight is 1540 g/mol. The molecule has 2 saturated heterocycles. The van der Waals surface area contributed by atoms with Crippen molar-refractivity contribution in [2.45, 2.75) is 474 Å². The quantitative estimate of drug-likeness (QED) is 0.0159. The van der Waals surface area contributed by atoms with E-state index in [4.69, 9.17) is 32.7 Å². The topological polar surface area (TPSA) is 359 Å². The molecular weight excluding hydrogens is 1390 g/mol. The Kier molecular flexibility index (Phi) is 60.6. The van der Waals surface area contributed by atoms with E-state index in [-0.39, 0.29) is 25.7 Å². The van der Waals surface area contributed by atoms with E-state index in [1.165, 1.54) is 180 Å². The predicted octanol–water partition coefficient (Wildman–Crippen LogP) is 16.3. The lowest BCUT2D eigenvalue weighted by Crippen LogP contribution is -2.68. The van der Waals surface area contributed by atoms with E-state index in [1.54, 1.807) is 0 Å². The summed E-state index contributed by atoms with van der Waals surface area (Å²) in [6.07, 6.45) is 37.8. The highest BCUT2D eigenvalue weighted by molar-refractivity contribution is 7.45. The highest BCUT2D eigenvalue weighted by Gasteiger charge is 2.54. The van der Waals surface area contributed by atoms with E-state index < -0.39 is 139 Å². The first kappa shape index (κ1) is 98.9. The maximum absolute atomic E-state index is 14.2. The van der Waals surface area contributed by atoms with Crippen LogP contribution >= 0.6 is 15.6 Å². The number of unbranched alkanes of at least 4 members (excludes halogenated alkanes) is 48. The number of nitrogens with one attached hydrogen (secondary N) is 2. The molecular formula is C80H152N2O21P2-2. The van der Waals surface area contributed by atoms with Crippen molar-refractivity contribution in [2.24, 2.45) is 0 Å². The molecule has 620 valence electrons. The van der Waals surface area contributed by atoms with Crippen LogP contribution in [0, 0.1) is 0 Å². The summed E-state index contributed by atoms with van der Waals surface area (Å²) in [5.41, 5.74) is 0.